The summed E-state index contributed by atoms with van der Waals surface area (Å²) in [6, 6.07) is 3.81. The van der Waals surface area contributed by atoms with Crippen molar-refractivity contribution < 1.29 is 14.7 Å². The number of carboxylic acids is 1. The molecular formula is C13H15ClN2O3. The zero-order valence-electron chi connectivity index (χ0n) is 10.5. The summed E-state index contributed by atoms with van der Waals surface area (Å²) in [7, 11) is 0. The van der Waals surface area contributed by atoms with Crippen molar-refractivity contribution in [1.82, 2.24) is 5.32 Å². The van der Waals surface area contributed by atoms with Crippen molar-refractivity contribution in [1.29, 1.82) is 0 Å². The van der Waals surface area contributed by atoms with Crippen molar-refractivity contribution in [2.75, 3.05) is 5.32 Å². The van der Waals surface area contributed by atoms with Gasteiger partial charge in [0.05, 0.1) is 16.3 Å². The molecule has 1 saturated carbocycles. The van der Waals surface area contributed by atoms with Gasteiger partial charge in [-0.05, 0) is 44.4 Å². The molecule has 1 aromatic rings. The minimum absolute atomic E-state index is 0.0783. The molecule has 19 heavy (non-hydrogen) atoms. The Morgan fingerprint density at radius 2 is 2.05 bits per heavy atom. The fourth-order valence-corrected chi connectivity index (χ4v) is 2.18. The standard InChI is InChI=1S/C13H15ClN2O3/c1-13(5-2-6-13)16-12(19)15-10-7-8(11(17)18)3-4-9(10)14/h3-4,7H,2,5-6H2,1H3,(H,17,18)(H2,15,16,19). The first kappa shape index (κ1) is 13.7. The second-order valence-corrected chi connectivity index (χ2v) is 5.40. The number of carbonyl (C=O) groups is 2. The van der Waals surface area contributed by atoms with Gasteiger partial charge in [0, 0.05) is 5.54 Å². The Kier molecular flexibility index (Phi) is 3.66. The number of urea groups is 1. The average molecular weight is 283 g/mol. The zero-order valence-corrected chi connectivity index (χ0v) is 11.3. The number of rotatable bonds is 3. The van der Waals surface area contributed by atoms with E-state index in [1.807, 2.05) is 6.92 Å². The molecule has 0 saturated heterocycles. The van der Waals surface area contributed by atoms with Crippen molar-refractivity contribution in [3.63, 3.8) is 0 Å². The number of benzene rings is 1. The molecule has 0 aliphatic heterocycles. The van der Waals surface area contributed by atoms with Crippen LogP contribution in [0.1, 0.15) is 36.5 Å². The molecule has 1 fully saturated rings. The number of halogens is 1. The van der Waals surface area contributed by atoms with Crippen molar-refractivity contribution in [2.24, 2.45) is 0 Å². The molecule has 0 radical (unpaired) electrons. The Bertz CT molecular complexity index is 527. The van der Waals surface area contributed by atoms with E-state index in [-0.39, 0.29) is 17.1 Å². The molecular weight excluding hydrogens is 268 g/mol. The monoisotopic (exact) mass is 282 g/mol. The van der Waals surface area contributed by atoms with E-state index in [1.54, 1.807) is 0 Å². The molecule has 0 atom stereocenters. The normalized spacial score (nSPS) is 16.3. The summed E-state index contributed by atoms with van der Waals surface area (Å²) in [5.41, 5.74) is 0.206. The minimum atomic E-state index is -1.06. The predicted octanol–water partition coefficient (Wildman–Crippen LogP) is 3.10. The van der Waals surface area contributed by atoms with E-state index in [0.717, 1.165) is 19.3 Å². The van der Waals surface area contributed by atoms with E-state index in [4.69, 9.17) is 16.7 Å². The maximum absolute atomic E-state index is 11.8. The molecule has 0 unspecified atom stereocenters. The van der Waals surface area contributed by atoms with Crippen LogP contribution in [0.2, 0.25) is 5.02 Å². The summed E-state index contributed by atoms with van der Waals surface area (Å²) in [4.78, 5) is 22.7. The fourth-order valence-electron chi connectivity index (χ4n) is 2.01. The summed E-state index contributed by atoms with van der Waals surface area (Å²) >= 11 is 5.93. The molecule has 102 valence electrons. The second kappa shape index (κ2) is 5.09. The third kappa shape index (κ3) is 3.17. The van der Waals surface area contributed by atoms with Gasteiger partial charge in [0.25, 0.3) is 0 Å². The van der Waals surface area contributed by atoms with Gasteiger partial charge >= 0.3 is 12.0 Å². The van der Waals surface area contributed by atoms with Crippen LogP contribution < -0.4 is 10.6 Å². The van der Waals surface area contributed by atoms with Crippen LogP contribution in [0.25, 0.3) is 0 Å². The topological polar surface area (TPSA) is 78.4 Å². The van der Waals surface area contributed by atoms with E-state index in [1.165, 1.54) is 18.2 Å². The highest BCUT2D eigenvalue weighted by Gasteiger charge is 2.33. The van der Waals surface area contributed by atoms with Crippen LogP contribution in [0.5, 0.6) is 0 Å². The van der Waals surface area contributed by atoms with E-state index >= 15 is 0 Å². The van der Waals surface area contributed by atoms with E-state index in [9.17, 15) is 9.59 Å². The SMILES string of the molecule is CC1(NC(=O)Nc2cc(C(=O)O)ccc2Cl)CCC1. The molecule has 1 aliphatic rings. The molecule has 6 heteroatoms. The number of anilines is 1. The van der Waals surface area contributed by atoms with Crippen molar-refractivity contribution >= 4 is 29.3 Å². The Morgan fingerprint density at radius 1 is 1.37 bits per heavy atom. The highest BCUT2D eigenvalue weighted by atomic mass is 35.5. The molecule has 0 aromatic heterocycles. The third-order valence-electron chi connectivity index (χ3n) is 3.33. The lowest BCUT2D eigenvalue weighted by molar-refractivity contribution is 0.0697. The lowest BCUT2D eigenvalue weighted by atomic mass is 9.79. The highest BCUT2D eigenvalue weighted by molar-refractivity contribution is 6.33. The van der Waals surface area contributed by atoms with E-state index in [2.05, 4.69) is 10.6 Å². The molecule has 0 spiro atoms. The smallest absolute Gasteiger partial charge is 0.335 e. The van der Waals surface area contributed by atoms with Crippen molar-refractivity contribution in [2.45, 2.75) is 31.7 Å². The van der Waals surface area contributed by atoms with Crippen molar-refractivity contribution in [3.05, 3.63) is 28.8 Å². The molecule has 1 aliphatic carbocycles. The lowest BCUT2D eigenvalue weighted by Crippen LogP contribution is -2.52. The summed E-state index contributed by atoms with van der Waals surface area (Å²) < 4.78 is 0. The summed E-state index contributed by atoms with van der Waals surface area (Å²) in [6.45, 7) is 1.98. The van der Waals surface area contributed by atoms with Crippen LogP contribution in [-0.2, 0) is 0 Å². The van der Waals surface area contributed by atoms with Gasteiger partial charge in [0.2, 0.25) is 0 Å². The number of hydrogen-bond donors (Lipinski definition) is 3. The van der Waals surface area contributed by atoms with Crippen molar-refractivity contribution in [3.8, 4) is 0 Å². The summed E-state index contributed by atoms with van der Waals surface area (Å²) in [6.07, 6.45) is 3.00. The number of hydrogen-bond acceptors (Lipinski definition) is 2. The first-order valence-electron chi connectivity index (χ1n) is 6.02. The van der Waals surface area contributed by atoms with Gasteiger partial charge in [-0.1, -0.05) is 11.6 Å². The lowest BCUT2D eigenvalue weighted by Gasteiger charge is -2.39. The maximum atomic E-state index is 11.8. The Hall–Kier alpha value is -1.75. The first-order valence-corrected chi connectivity index (χ1v) is 6.39. The molecule has 5 nitrogen and oxygen atoms in total. The van der Waals surface area contributed by atoms with Crippen LogP contribution in [0, 0.1) is 0 Å². The third-order valence-corrected chi connectivity index (χ3v) is 3.66. The van der Waals surface area contributed by atoms with Crippen LogP contribution in [0.3, 0.4) is 0 Å². The van der Waals surface area contributed by atoms with Gasteiger partial charge in [-0.2, -0.15) is 0 Å². The Morgan fingerprint density at radius 3 is 2.58 bits per heavy atom. The quantitative estimate of drug-likeness (QED) is 0.797. The van der Waals surface area contributed by atoms with Gasteiger partial charge in [0.1, 0.15) is 0 Å². The van der Waals surface area contributed by atoms with Crippen LogP contribution in [-0.4, -0.2) is 22.6 Å². The minimum Gasteiger partial charge on any atom is -0.478 e. The first-order chi connectivity index (χ1) is 8.89. The highest BCUT2D eigenvalue weighted by Crippen LogP contribution is 2.31. The molecule has 0 heterocycles. The van der Waals surface area contributed by atoms with Gasteiger partial charge in [-0.15, -0.1) is 0 Å². The Labute approximate surface area is 116 Å². The number of nitrogens with one attached hydrogen (secondary N) is 2. The largest absolute Gasteiger partial charge is 0.478 e. The van der Waals surface area contributed by atoms with Gasteiger partial charge in [-0.3, -0.25) is 0 Å². The van der Waals surface area contributed by atoms with Crippen LogP contribution >= 0.6 is 11.6 Å². The number of aromatic carboxylic acids is 1. The number of carboxylic acid groups (broad SMARTS) is 1. The van der Waals surface area contributed by atoms with Crippen LogP contribution in [0.4, 0.5) is 10.5 Å². The second-order valence-electron chi connectivity index (χ2n) is 4.99. The maximum Gasteiger partial charge on any atom is 0.335 e. The number of carbonyl (C=O) groups excluding carboxylic acids is 1. The molecule has 0 bridgehead atoms. The summed E-state index contributed by atoms with van der Waals surface area (Å²) in [5, 5.41) is 14.6. The number of amides is 2. The Balaban J connectivity index is 2.07. The van der Waals surface area contributed by atoms with Crippen LogP contribution in [0.15, 0.2) is 18.2 Å². The molecule has 1 aromatic carbocycles. The zero-order chi connectivity index (χ0) is 14.0. The fraction of sp³-hybridized carbons (Fsp3) is 0.385. The van der Waals surface area contributed by atoms with Gasteiger partial charge in [0.15, 0.2) is 0 Å². The molecule has 3 N–H and O–H groups in total. The predicted molar refractivity (Wildman–Crippen MR) is 72.8 cm³/mol. The van der Waals surface area contributed by atoms with Gasteiger partial charge in [-0.25, -0.2) is 9.59 Å². The molecule has 2 amide bonds. The van der Waals surface area contributed by atoms with Gasteiger partial charge < -0.3 is 15.7 Å². The van der Waals surface area contributed by atoms with E-state index in [0.29, 0.717) is 10.7 Å². The summed E-state index contributed by atoms with van der Waals surface area (Å²) in [5.74, 6) is -1.06. The molecule has 2 rings (SSSR count). The van der Waals surface area contributed by atoms with E-state index < -0.39 is 5.97 Å². The average Bonchev–Trinajstić information content (AvgIpc) is 2.29.